The molecule has 3 N–H and O–H groups in total. The van der Waals surface area contributed by atoms with E-state index in [2.05, 4.69) is 20.3 Å². The van der Waals surface area contributed by atoms with Gasteiger partial charge in [0.2, 0.25) is 0 Å². The molecule has 0 aliphatic carbocycles. The molecule has 3 aromatic heterocycles. The molecule has 1 unspecified atom stereocenters. The molecule has 31 heavy (non-hydrogen) atoms. The first-order chi connectivity index (χ1) is 14.8. The number of imidazole rings is 1. The number of likely N-dealkylation sites (tertiary alicyclic amines) is 1. The molecule has 3 aromatic rings. The maximum absolute atomic E-state index is 12.6. The number of piperidine rings is 1. The Morgan fingerprint density at radius 2 is 2.10 bits per heavy atom. The molecule has 0 spiro atoms. The Labute approximate surface area is 181 Å². The number of nitrogen functional groups attached to an aromatic ring is 1. The van der Waals surface area contributed by atoms with Crippen LogP contribution < -0.4 is 11.1 Å². The third-order valence-corrected chi connectivity index (χ3v) is 5.19. The second-order valence-electron chi connectivity index (χ2n) is 8.80. The zero-order valence-electron chi connectivity index (χ0n) is 18.2. The Bertz CT molecular complexity index is 1070. The van der Waals surface area contributed by atoms with Crippen LogP contribution in [0.15, 0.2) is 36.8 Å². The number of hydrogen-bond acceptors (Lipinski definition) is 7. The average molecular weight is 424 g/mol. The molecule has 1 fully saturated rings. The van der Waals surface area contributed by atoms with Gasteiger partial charge in [0.25, 0.3) is 0 Å². The number of aromatic nitrogens is 4. The number of nitrogens with zero attached hydrogens (tertiary/aromatic N) is 5. The largest absolute Gasteiger partial charge is 0.444 e. The summed E-state index contributed by atoms with van der Waals surface area (Å²) in [4.78, 5) is 27.9. The van der Waals surface area contributed by atoms with Gasteiger partial charge in [0.1, 0.15) is 22.8 Å². The molecule has 4 heterocycles. The standard InChI is InChI=1S/C22H29N7O2/c1-22(2,3)31-21(30)28-11-5-4-6-16(28)12-25-18-9-10-24-20(27-18)17-13-26-19-8-7-15(23)14-29(17)19/h7-10,13-14,16H,4-6,11-12,23H2,1-3H3,(H,24,25,27). The fourth-order valence-electron chi connectivity index (χ4n) is 3.74. The minimum absolute atomic E-state index is 0.0533. The van der Waals surface area contributed by atoms with E-state index in [0.29, 0.717) is 30.4 Å². The van der Waals surface area contributed by atoms with Gasteiger partial charge in [0.05, 0.1) is 12.2 Å². The van der Waals surface area contributed by atoms with Gasteiger partial charge >= 0.3 is 6.09 Å². The number of fused-ring (bicyclic) bond motifs is 1. The maximum atomic E-state index is 12.6. The van der Waals surface area contributed by atoms with Crippen molar-refractivity contribution in [3.8, 4) is 11.5 Å². The first-order valence-corrected chi connectivity index (χ1v) is 10.6. The summed E-state index contributed by atoms with van der Waals surface area (Å²) in [5.41, 5.74) is 7.59. The van der Waals surface area contributed by atoms with Crippen LogP contribution in [0.25, 0.3) is 17.2 Å². The van der Waals surface area contributed by atoms with E-state index in [1.807, 2.05) is 54.5 Å². The first kappa shape index (κ1) is 20.9. The highest BCUT2D eigenvalue weighted by Gasteiger charge is 2.30. The van der Waals surface area contributed by atoms with Crippen molar-refractivity contribution in [3.05, 3.63) is 36.8 Å². The summed E-state index contributed by atoms with van der Waals surface area (Å²) in [6.45, 7) is 6.96. The molecule has 1 atom stereocenters. The SMILES string of the molecule is CC(C)(C)OC(=O)N1CCCCC1CNc1ccnc(-c2cnc3ccc(N)cn23)n1. The maximum Gasteiger partial charge on any atom is 0.410 e. The van der Waals surface area contributed by atoms with Crippen LogP contribution in [-0.2, 0) is 4.74 Å². The number of amides is 1. The molecule has 1 aliphatic heterocycles. The smallest absolute Gasteiger partial charge is 0.410 e. The molecular formula is C22H29N7O2. The molecule has 1 amide bonds. The molecular weight excluding hydrogens is 394 g/mol. The zero-order chi connectivity index (χ0) is 22.0. The monoisotopic (exact) mass is 423 g/mol. The number of pyridine rings is 1. The predicted molar refractivity (Wildman–Crippen MR) is 120 cm³/mol. The van der Waals surface area contributed by atoms with Crippen molar-refractivity contribution in [2.75, 3.05) is 24.1 Å². The van der Waals surface area contributed by atoms with Crippen molar-refractivity contribution in [2.24, 2.45) is 0 Å². The molecule has 164 valence electrons. The number of carbonyl (C=O) groups excluding carboxylic acids is 1. The van der Waals surface area contributed by atoms with E-state index in [1.165, 1.54) is 0 Å². The number of nitrogens with two attached hydrogens (primary N) is 1. The van der Waals surface area contributed by atoms with Crippen molar-refractivity contribution < 1.29 is 9.53 Å². The number of ether oxygens (including phenoxy) is 1. The molecule has 0 radical (unpaired) electrons. The lowest BCUT2D eigenvalue weighted by molar-refractivity contribution is 0.0114. The van der Waals surface area contributed by atoms with E-state index in [1.54, 1.807) is 12.4 Å². The highest BCUT2D eigenvalue weighted by molar-refractivity contribution is 5.69. The number of rotatable bonds is 4. The van der Waals surface area contributed by atoms with Crippen LogP contribution >= 0.6 is 0 Å². The van der Waals surface area contributed by atoms with Gasteiger partial charge in [-0.05, 0) is 58.2 Å². The number of hydrogen-bond donors (Lipinski definition) is 2. The minimum Gasteiger partial charge on any atom is -0.444 e. The Kier molecular flexibility index (Phi) is 5.67. The lowest BCUT2D eigenvalue weighted by Gasteiger charge is -2.36. The van der Waals surface area contributed by atoms with Gasteiger partial charge in [-0.1, -0.05) is 0 Å². The number of anilines is 2. The van der Waals surface area contributed by atoms with E-state index < -0.39 is 5.60 Å². The number of carbonyl (C=O) groups is 1. The van der Waals surface area contributed by atoms with Crippen molar-refractivity contribution >= 4 is 23.2 Å². The Balaban J connectivity index is 1.48. The zero-order valence-corrected chi connectivity index (χ0v) is 18.2. The fraction of sp³-hybridized carbons (Fsp3) is 0.455. The average Bonchev–Trinajstić information content (AvgIpc) is 3.14. The van der Waals surface area contributed by atoms with E-state index >= 15 is 0 Å². The van der Waals surface area contributed by atoms with Gasteiger partial charge in [-0.3, -0.25) is 4.40 Å². The van der Waals surface area contributed by atoms with Crippen LogP contribution in [0.3, 0.4) is 0 Å². The summed E-state index contributed by atoms with van der Waals surface area (Å²) >= 11 is 0. The van der Waals surface area contributed by atoms with Crippen LogP contribution in [0.5, 0.6) is 0 Å². The Hall–Kier alpha value is -3.36. The molecule has 1 saturated heterocycles. The van der Waals surface area contributed by atoms with Crippen LogP contribution in [0, 0.1) is 0 Å². The second kappa shape index (κ2) is 8.41. The van der Waals surface area contributed by atoms with Crippen LogP contribution in [0.1, 0.15) is 40.0 Å². The molecule has 0 bridgehead atoms. The summed E-state index contributed by atoms with van der Waals surface area (Å²) in [6.07, 6.45) is 8.00. The van der Waals surface area contributed by atoms with E-state index in [4.69, 9.17) is 10.5 Å². The molecule has 9 heteroatoms. The molecule has 4 rings (SSSR count). The van der Waals surface area contributed by atoms with Gasteiger partial charge in [-0.15, -0.1) is 0 Å². The molecule has 9 nitrogen and oxygen atoms in total. The van der Waals surface area contributed by atoms with Gasteiger partial charge in [-0.2, -0.15) is 0 Å². The quantitative estimate of drug-likeness (QED) is 0.660. The second-order valence-corrected chi connectivity index (χ2v) is 8.80. The number of nitrogens with one attached hydrogen (secondary N) is 1. The fourth-order valence-corrected chi connectivity index (χ4v) is 3.74. The van der Waals surface area contributed by atoms with E-state index in [0.717, 1.165) is 30.6 Å². The van der Waals surface area contributed by atoms with Crippen molar-refractivity contribution in [1.29, 1.82) is 0 Å². The first-order valence-electron chi connectivity index (χ1n) is 10.6. The highest BCUT2D eigenvalue weighted by Crippen LogP contribution is 2.22. The van der Waals surface area contributed by atoms with Crippen molar-refractivity contribution in [2.45, 2.75) is 51.7 Å². The topological polar surface area (TPSA) is 111 Å². The van der Waals surface area contributed by atoms with Crippen molar-refractivity contribution in [3.63, 3.8) is 0 Å². The molecule has 0 aromatic carbocycles. The van der Waals surface area contributed by atoms with Crippen LogP contribution in [0.4, 0.5) is 16.3 Å². The lowest BCUT2D eigenvalue weighted by Crippen LogP contribution is -2.48. The summed E-state index contributed by atoms with van der Waals surface area (Å²) in [5.74, 6) is 1.24. The minimum atomic E-state index is -0.508. The third kappa shape index (κ3) is 4.87. The van der Waals surface area contributed by atoms with Gasteiger partial charge < -0.3 is 20.7 Å². The predicted octanol–water partition coefficient (Wildman–Crippen LogP) is 3.58. The summed E-state index contributed by atoms with van der Waals surface area (Å²) in [5, 5.41) is 3.37. The van der Waals surface area contributed by atoms with Crippen LogP contribution in [0.2, 0.25) is 0 Å². The van der Waals surface area contributed by atoms with E-state index in [-0.39, 0.29) is 12.1 Å². The van der Waals surface area contributed by atoms with Crippen molar-refractivity contribution in [1.82, 2.24) is 24.3 Å². The normalized spacial score (nSPS) is 17.0. The van der Waals surface area contributed by atoms with Gasteiger partial charge in [-0.25, -0.2) is 19.7 Å². The summed E-state index contributed by atoms with van der Waals surface area (Å²) in [6, 6.07) is 5.54. The highest BCUT2D eigenvalue weighted by atomic mass is 16.6. The lowest BCUT2D eigenvalue weighted by atomic mass is 10.0. The van der Waals surface area contributed by atoms with Crippen LogP contribution in [-0.4, -0.2) is 55.1 Å². The molecule has 0 saturated carbocycles. The Morgan fingerprint density at radius 3 is 2.90 bits per heavy atom. The molecule has 1 aliphatic rings. The summed E-state index contributed by atoms with van der Waals surface area (Å²) in [7, 11) is 0. The van der Waals surface area contributed by atoms with E-state index in [9.17, 15) is 4.79 Å². The van der Waals surface area contributed by atoms with Gasteiger partial charge in [0.15, 0.2) is 5.82 Å². The Morgan fingerprint density at radius 1 is 1.26 bits per heavy atom. The summed E-state index contributed by atoms with van der Waals surface area (Å²) < 4.78 is 7.47. The van der Waals surface area contributed by atoms with Gasteiger partial charge in [0, 0.05) is 31.2 Å². The third-order valence-electron chi connectivity index (χ3n) is 5.19.